The molecule has 7 heteroatoms. The van der Waals surface area contributed by atoms with Crippen LogP contribution in [0.25, 0.3) is 0 Å². The Hall–Kier alpha value is -0.590. The van der Waals surface area contributed by atoms with Crippen LogP contribution in [0.2, 0.25) is 0 Å². The van der Waals surface area contributed by atoms with Crippen LogP contribution in [0.5, 0.6) is 0 Å². The fourth-order valence-corrected chi connectivity index (χ4v) is 2.94. The molecule has 5 nitrogen and oxygen atoms in total. The van der Waals surface area contributed by atoms with Crippen molar-refractivity contribution in [1.82, 2.24) is 15.1 Å². The monoisotopic (exact) mass is 307 g/mol. The minimum Gasteiger partial charge on any atom is -0.481 e. The van der Waals surface area contributed by atoms with Crippen LogP contribution in [-0.4, -0.2) is 64.8 Å². The number of carboxylic acids is 1. The summed E-state index contributed by atoms with van der Waals surface area (Å²) in [4.78, 5) is 15.5. The highest BCUT2D eigenvalue weighted by Crippen LogP contribution is 2.23. The van der Waals surface area contributed by atoms with Crippen molar-refractivity contribution in [3.05, 3.63) is 0 Å². The summed E-state index contributed by atoms with van der Waals surface area (Å²) in [5.74, 6) is -0.771. The van der Waals surface area contributed by atoms with Crippen molar-refractivity contribution in [2.75, 3.05) is 32.7 Å². The molecule has 2 rings (SSSR count). The molecule has 2 fully saturated rings. The Morgan fingerprint density at radius 2 is 2.21 bits per heavy atom. The molecule has 0 radical (unpaired) electrons. The molecule has 0 aromatic carbocycles. The molecule has 0 bridgehead atoms. The van der Waals surface area contributed by atoms with Crippen LogP contribution < -0.4 is 5.32 Å². The molecule has 2 aliphatic heterocycles. The third kappa shape index (κ3) is 3.49. The molecule has 0 unspecified atom stereocenters. The summed E-state index contributed by atoms with van der Waals surface area (Å²) < 4.78 is 0. The number of rotatable bonds is 3. The maximum Gasteiger partial charge on any atom is 0.310 e. The second-order valence-electron chi connectivity index (χ2n) is 5.73. The molecule has 110 valence electrons. The van der Waals surface area contributed by atoms with Gasteiger partial charge in [-0.15, -0.1) is 12.4 Å². The number of nitrogens with one attached hydrogen (secondary N) is 1. The second-order valence-corrected chi connectivity index (χ2v) is 6.10. The molecule has 0 aromatic heterocycles. The van der Waals surface area contributed by atoms with Gasteiger partial charge in [-0.2, -0.15) is 0 Å². The van der Waals surface area contributed by atoms with Crippen molar-refractivity contribution >= 4 is 35.7 Å². The number of carboxylic acid groups (broad SMARTS) is 1. The Morgan fingerprint density at radius 1 is 1.53 bits per heavy atom. The fourth-order valence-electron chi connectivity index (χ4n) is 2.54. The maximum absolute atomic E-state index is 11.2. The lowest BCUT2D eigenvalue weighted by Crippen LogP contribution is -2.62. The summed E-state index contributed by atoms with van der Waals surface area (Å²) >= 11 is 5.51. The lowest BCUT2D eigenvalue weighted by Gasteiger charge is -2.47. The largest absolute Gasteiger partial charge is 0.481 e. The Labute approximate surface area is 125 Å². The van der Waals surface area contributed by atoms with E-state index in [1.807, 2.05) is 4.90 Å². The highest BCUT2D eigenvalue weighted by atomic mass is 35.5. The number of carbonyl (C=O) groups is 1. The minimum atomic E-state index is -0.771. The maximum atomic E-state index is 11.2. The molecule has 0 amide bonds. The average Bonchev–Trinajstić information content (AvgIpc) is 2.33. The Kier molecular flexibility index (Phi) is 5.41. The minimum absolute atomic E-state index is 0. The van der Waals surface area contributed by atoms with Crippen molar-refractivity contribution < 1.29 is 9.90 Å². The van der Waals surface area contributed by atoms with Gasteiger partial charge in [-0.25, -0.2) is 0 Å². The predicted octanol–water partition coefficient (Wildman–Crippen LogP) is 0.783. The molecule has 2 saturated heterocycles. The molecule has 19 heavy (non-hydrogen) atoms. The van der Waals surface area contributed by atoms with E-state index in [1.165, 1.54) is 0 Å². The standard InChI is InChI=1S/C12H21N3O2S.ClH/c1-12(2,10(16)17)8-14-5-3-9-7-13-4-6-15(9)11(14)18;/h9,13H,3-8H2,1-2H3,(H,16,17);1H/t9-;/m0./s1. The van der Waals surface area contributed by atoms with Gasteiger partial charge in [0.25, 0.3) is 0 Å². The number of hydrogen-bond acceptors (Lipinski definition) is 3. The van der Waals surface area contributed by atoms with Crippen molar-refractivity contribution in [3.8, 4) is 0 Å². The van der Waals surface area contributed by atoms with Gasteiger partial charge in [0, 0.05) is 38.8 Å². The molecule has 2 heterocycles. The highest BCUT2D eigenvalue weighted by Gasteiger charge is 2.36. The van der Waals surface area contributed by atoms with Gasteiger partial charge in [0.15, 0.2) is 5.11 Å². The Bertz CT molecular complexity index is 365. The van der Waals surface area contributed by atoms with Crippen molar-refractivity contribution in [2.24, 2.45) is 5.41 Å². The molecule has 0 saturated carbocycles. The van der Waals surface area contributed by atoms with Gasteiger partial charge in [-0.05, 0) is 32.5 Å². The number of hydrogen-bond donors (Lipinski definition) is 2. The summed E-state index contributed by atoms with van der Waals surface area (Å²) in [6, 6.07) is 0.482. The van der Waals surface area contributed by atoms with Gasteiger partial charge in [-0.3, -0.25) is 4.79 Å². The number of fused-ring (bicyclic) bond motifs is 1. The number of piperazine rings is 1. The number of aliphatic carboxylic acids is 1. The number of nitrogens with zero attached hydrogens (tertiary/aromatic N) is 2. The predicted molar refractivity (Wildman–Crippen MR) is 80.8 cm³/mol. The van der Waals surface area contributed by atoms with Crippen LogP contribution in [0.1, 0.15) is 20.3 Å². The lowest BCUT2D eigenvalue weighted by molar-refractivity contribution is -0.147. The van der Waals surface area contributed by atoms with Gasteiger partial charge in [-0.1, -0.05) is 0 Å². The van der Waals surface area contributed by atoms with Gasteiger partial charge < -0.3 is 20.2 Å². The zero-order chi connectivity index (χ0) is 13.3. The first-order chi connectivity index (χ1) is 8.42. The van der Waals surface area contributed by atoms with Gasteiger partial charge >= 0.3 is 5.97 Å². The Morgan fingerprint density at radius 3 is 2.84 bits per heavy atom. The van der Waals surface area contributed by atoms with Crippen LogP contribution in [0.15, 0.2) is 0 Å². The van der Waals surface area contributed by atoms with E-state index < -0.39 is 11.4 Å². The summed E-state index contributed by atoms with van der Waals surface area (Å²) in [5, 5.41) is 13.4. The highest BCUT2D eigenvalue weighted by molar-refractivity contribution is 7.80. The van der Waals surface area contributed by atoms with Crippen LogP contribution in [-0.2, 0) is 4.79 Å². The normalized spacial score (nSPS) is 23.7. The van der Waals surface area contributed by atoms with Gasteiger partial charge in [0.1, 0.15) is 0 Å². The number of thiocarbonyl (C=S) groups is 1. The van der Waals surface area contributed by atoms with E-state index in [-0.39, 0.29) is 12.4 Å². The quantitative estimate of drug-likeness (QED) is 0.752. The van der Waals surface area contributed by atoms with E-state index in [0.717, 1.165) is 37.7 Å². The van der Waals surface area contributed by atoms with Crippen molar-refractivity contribution in [2.45, 2.75) is 26.3 Å². The number of halogens is 1. The summed E-state index contributed by atoms with van der Waals surface area (Å²) in [6.45, 7) is 7.70. The topological polar surface area (TPSA) is 55.8 Å². The van der Waals surface area contributed by atoms with Crippen LogP contribution in [0.4, 0.5) is 0 Å². The van der Waals surface area contributed by atoms with Crippen LogP contribution >= 0.6 is 24.6 Å². The summed E-state index contributed by atoms with van der Waals surface area (Å²) in [7, 11) is 0. The molecule has 0 aliphatic carbocycles. The SMILES string of the molecule is CC(C)(CN1CC[C@H]2CNCCN2C1=S)C(=O)O.Cl. The third-order valence-electron chi connectivity index (χ3n) is 3.76. The molecule has 2 aliphatic rings. The van der Waals surface area contributed by atoms with Gasteiger partial charge in [0.05, 0.1) is 5.41 Å². The summed E-state index contributed by atoms with van der Waals surface area (Å²) in [6.07, 6.45) is 1.04. The van der Waals surface area contributed by atoms with E-state index in [4.69, 9.17) is 12.2 Å². The second kappa shape index (κ2) is 6.24. The first kappa shape index (κ1) is 16.5. The Balaban J connectivity index is 0.00000180. The van der Waals surface area contributed by atoms with Crippen LogP contribution in [0, 0.1) is 5.41 Å². The third-order valence-corrected chi connectivity index (χ3v) is 4.26. The zero-order valence-electron chi connectivity index (χ0n) is 11.4. The molecular formula is C12H22ClN3O2S. The van der Waals surface area contributed by atoms with E-state index in [2.05, 4.69) is 10.2 Å². The molecular weight excluding hydrogens is 286 g/mol. The first-order valence-electron chi connectivity index (χ1n) is 6.41. The molecule has 1 atom stereocenters. The van der Waals surface area contributed by atoms with E-state index in [1.54, 1.807) is 13.8 Å². The van der Waals surface area contributed by atoms with Crippen molar-refractivity contribution in [3.63, 3.8) is 0 Å². The average molecular weight is 308 g/mol. The fraction of sp³-hybridized carbons (Fsp3) is 0.833. The summed E-state index contributed by atoms with van der Waals surface area (Å²) in [5.41, 5.74) is -0.759. The van der Waals surface area contributed by atoms with E-state index in [0.29, 0.717) is 12.6 Å². The van der Waals surface area contributed by atoms with Crippen LogP contribution in [0.3, 0.4) is 0 Å². The smallest absolute Gasteiger partial charge is 0.310 e. The molecule has 2 N–H and O–H groups in total. The molecule has 0 spiro atoms. The molecule has 0 aromatic rings. The van der Waals surface area contributed by atoms with Crippen molar-refractivity contribution in [1.29, 1.82) is 0 Å². The van der Waals surface area contributed by atoms with Gasteiger partial charge in [0.2, 0.25) is 0 Å². The zero-order valence-corrected chi connectivity index (χ0v) is 13.0. The lowest BCUT2D eigenvalue weighted by atomic mass is 9.92. The van der Waals surface area contributed by atoms with E-state index in [9.17, 15) is 9.90 Å². The van der Waals surface area contributed by atoms with E-state index >= 15 is 0 Å². The first-order valence-corrected chi connectivity index (χ1v) is 6.82.